The van der Waals surface area contributed by atoms with Crippen molar-refractivity contribution in [3.63, 3.8) is 0 Å². The van der Waals surface area contributed by atoms with Crippen molar-refractivity contribution >= 4 is 44.6 Å². The van der Waals surface area contributed by atoms with Crippen molar-refractivity contribution in [1.82, 2.24) is 10.6 Å². The maximum atomic E-state index is 12.6. The highest BCUT2D eigenvalue weighted by molar-refractivity contribution is 7.81. The van der Waals surface area contributed by atoms with Gasteiger partial charge in [0, 0.05) is 13.8 Å². The number of aliphatic carboxylic acids is 2. The molecule has 0 aromatic rings. The van der Waals surface area contributed by atoms with Crippen molar-refractivity contribution in [2.45, 2.75) is 137 Å². The lowest BCUT2D eigenvalue weighted by Gasteiger charge is -2.50. The Hall–Kier alpha value is -2.98. The summed E-state index contributed by atoms with van der Waals surface area (Å²) in [7, 11) is -11.1. The topological polar surface area (TPSA) is 486 Å². The maximum absolute atomic E-state index is 12.6. The van der Waals surface area contributed by atoms with Gasteiger partial charge in [-0.15, -0.1) is 0 Å². The van der Waals surface area contributed by atoms with Crippen molar-refractivity contribution in [3.05, 3.63) is 0 Å². The highest BCUT2D eigenvalue weighted by Crippen LogP contribution is 2.36. The van der Waals surface area contributed by atoms with Gasteiger partial charge in [-0.2, -0.15) is 16.8 Å². The third-order valence-corrected chi connectivity index (χ3v) is 10.3. The number of rotatable bonds is 16. The predicted molar refractivity (Wildman–Crippen MR) is 179 cm³/mol. The minimum absolute atomic E-state index is 0.818. The summed E-state index contributed by atoms with van der Waals surface area (Å²) in [5, 5.41) is 108. The lowest BCUT2D eigenvalue weighted by Crippen LogP contribution is -2.71. The van der Waals surface area contributed by atoms with E-state index in [-0.39, 0.29) is 0 Å². The Bertz CT molecular complexity index is 1790. The number of aliphatic hydroxyl groups is 8. The Morgan fingerprint density at radius 3 is 1.38 bits per heavy atom. The van der Waals surface area contributed by atoms with E-state index in [0.717, 1.165) is 13.8 Å². The van der Waals surface area contributed by atoms with E-state index in [1.165, 1.54) is 0 Å². The van der Waals surface area contributed by atoms with Gasteiger partial charge in [0.1, 0.15) is 85.3 Å². The lowest BCUT2D eigenvalue weighted by molar-refractivity contribution is -0.368. The van der Waals surface area contributed by atoms with Crippen LogP contribution in [0.1, 0.15) is 13.8 Å². The summed E-state index contributed by atoms with van der Waals surface area (Å²) < 4.78 is 114. The average molecular weight is 937 g/mol. The van der Waals surface area contributed by atoms with Gasteiger partial charge in [0.2, 0.25) is 11.8 Å². The van der Waals surface area contributed by atoms with E-state index in [9.17, 15) is 96.2 Å². The maximum Gasteiger partial charge on any atom is 0.397 e. The van der Waals surface area contributed by atoms with Crippen LogP contribution in [0.4, 0.5) is 0 Å². The Kier molecular flexibility index (Phi) is 16.8. The van der Waals surface area contributed by atoms with Crippen LogP contribution in [0.15, 0.2) is 0 Å². The molecule has 61 heavy (non-hydrogen) atoms. The number of nitrogens with one attached hydrogen (secondary N) is 2. The van der Waals surface area contributed by atoms with Crippen LogP contribution in [0.3, 0.4) is 0 Å². The molecule has 352 valence electrons. The van der Waals surface area contributed by atoms with Gasteiger partial charge < -0.3 is 94.9 Å². The fourth-order valence-corrected chi connectivity index (χ4v) is 7.82. The zero-order valence-electron chi connectivity index (χ0n) is 31.1. The molecule has 0 aliphatic carbocycles. The van der Waals surface area contributed by atoms with E-state index in [2.05, 4.69) is 19.0 Å². The summed E-state index contributed by atoms with van der Waals surface area (Å²) in [5.74, 6) is -6.00. The minimum Gasteiger partial charge on any atom is -0.479 e. The van der Waals surface area contributed by atoms with Crippen molar-refractivity contribution in [1.29, 1.82) is 0 Å². The fourth-order valence-electron chi connectivity index (χ4n) is 6.79. The van der Waals surface area contributed by atoms with Gasteiger partial charge in [-0.3, -0.25) is 18.7 Å². The number of hydrogen-bond donors (Lipinski definition) is 14. The number of carboxylic acids is 2. The molecule has 4 heterocycles. The monoisotopic (exact) mass is 936 g/mol. The number of ether oxygens (including phenoxy) is 7. The number of amides is 2. The van der Waals surface area contributed by atoms with Crippen molar-refractivity contribution < 1.29 is 138 Å². The number of carboxylic acid groups (broad SMARTS) is 2. The SMILES string of the molecule is CC(=O)N[C@@H]1[C@@H](O[C@@H]2O[C@@H](C(=O)O)[C@@H](O)[C@H](O[C@@H]3O[C@H](CO)[C@H](OS(=O)(=O)O)[C@H](O[C@@H]4O[C@@H](C(=O)O)[C@@H](O)[C@H](O)[C@H]4O)[C@H]3NC(C)=O)[C@H]2O)[C@@H](OS(=O)(=O)O)[C@@H](CO)O[C@H]1O. The molecule has 0 spiro atoms. The van der Waals surface area contributed by atoms with Crippen LogP contribution in [-0.2, 0) is 81.5 Å². The smallest absolute Gasteiger partial charge is 0.397 e. The van der Waals surface area contributed by atoms with Crippen LogP contribution in [0.2, 0.25) is 0 Å². The second-order valence-corrected chi connectivity index (χ2v) is 15.8. The van der Waals surface area contributed by atoms with Gasteiger partial charge in [-0.1, -0.05) is 0 Å². The van der Waals surface area contributed by atoms with E-state index in [1.807, 2.05) is 0 Å². The Morgan fingerprint density at radius 2 is 0.934 bits per heavy atom. The van der Waals surface area contributed by atoms with Crippen molar-refractivity contribution in [2.75, 3.05) is 13.2 Å². The summed E-state index contributed by atoms with van der Waals surface area (Å²) in [6, 6.07) is -4.10. The molecule has 14 N–H and O–H groups in total. The van der Waals surface area contributed by atoms with E-state index in [1.54, 1.807) is 0 Å². The fraction of sp³-hybridized carbons (Fsp3) is 0.857. The molecule has 33 heteroatoms. The molecule has 4 aliphatic rings. The third kappa shape index (κ3) is 12.2. The Labute approximate surface area is 342 Å². The summed E-state index contributed by atoms with van der Waals surface area (Å²) in [6.07, 6.45) is -42.1. The molecule has 31 nitrogen and oxygen atoms in total. The zero-order chi connectivity index (χ0) is 46.0. The molecular formula is C28H44N2O29S2. The number of carbonyl (C=O) groups is 4. The second-order valence-electron chi connectivity index (χ2n) is 13.7. The Morgan fingerprint density at radius 1 is 0.525 bits per heavy atom. The van der Waals surface area contributed by atoms with Gasteiger partial charge in [-0.05, 0) is 0 Å². The van der Waals surface area contributed by atoms with Crippen LogP contribution >= 0.6 is 0 Å². The molecule has 4 fully saturated rings. The normalized spacial score (nSPS) is 42.3. The molecule has 4 rings (SSSR count). The molecule has 0 aromatic heterocycles. The molecular weight excluding hydrogens is 892 g/mol. The summed E-state index contributed by atoms with van der Waals surface area (Å²) >= 11 is 0. The Balaban J connectivity index is 1.79. The minimum atomic E-state index is -5.61. The quantitative estimate of drug-likeness (QED) is 0.0639. The molecule has 4 aliphatic heterocycles. The van der Waals surface area contributed by atoms with Gasteiger partial charge in [0.05, 0.1) is 13.2 Å². The van der Waals surface area contributed by atoms with Gasteiger partial charge in [-0.25, -0.2) is 18.0 Å². The van der Waals surface area contributed by atoms with Crippen LogP contribution in [0.25, 0.3) is 0 Å². The molecule has 20 atom stereocenters. The van der Waals surface area contributed by atoms with Gasteiger partial charge >= 0.3 is 32.7 Å². The predicted octanol–water partition coefficient (Wildman–Crippen LogP) is -9.62. The molecule has 0 bridgehead atoms. The van der Waals surface area contributed by atoms with Crippen LogP contribution in [0, 0.1) is 0 Å². The molecule has 2 amide bonds. The highest BCUT2D eigenvalue weighted by Gasteiger charge is 2.59. The summed E-state index contributed by atoms with van der Waals surface area (Å²) in [6.45, 7) is -0.804. The number of aliphatic hydroxyl groups excluding tert-OH is 8. The van der Waals surface area contributed by atoms with E-state index in [4.69, 9.17) is 33.2 Å². The molecule has 0 aromatic carbocycles. The summed E-state index contributed by atoms with van der Waals surface area (Å²) in [4.78, 5) is 48.7. The second kappa shape index (κ2) is 20.2. The average Bonchev–Trinajstić information content (AvgIpc) is 3.13. The molecule has 0 radical (unpaired) electrons. The highest BCUT2D eigenvalue weighted by atomic mass is 32.3. The van der Waals surface area contributed by atoms with Gasteiger partial charge in [0.15, 0.2) is 37.4 Å². The number of carbonyl (C=O) groups excluding carboxylic acids is 2. The van der Waals surface area contributed by atoms with E-state index in [0.29, 0.717) is 0 Å². The van der Waals surface area contributed by atoms with Crippen LogP contribution in [-0.4, -0.2) is 237 Å². The van der Waals surface area contributed by atoms with E-state index >= 15 is 0 Å². The van der Waals surface area contributed by atoms with Crippen molar-refractivity contribution in [2.24, 2.45) is 0 Å². The largest absolute Gasteiger partial charge is 0.479 e. The van der Waals surface area contributed by atoms with Crippen LogP contribution in [0.5, 0.6) is 0 Å². The molecule has 0 saturated carbocycles. The molecule has 4 saturated heterocycles. The third-order valence-electron chi connectivity index (χ3n) is 9.35. The van der Waals surface area contributed by atoms with Crippen LogP contribution < -0.4 is 10.6 Å². The van der Waals surface area contributed by atoms with E-state index < -0.39 is 180 Å². The first-order chi connectivity index (χ1) is 28.2. The first kappa shape index (κ1) is 50.7. The standard InChI is InChI=1S/C28H44N2O29S2/c1-5(33)29-9-18(16(58-60(45,46)47)7(3-31)51-25(9)44)53-28-15(39)20(14(38)22(57-28)24(42)43)55-26-10(30-6(2)34)19(17(8(4-32)52-26)59-61(48,49)50)54-27-13(37)11(35)12(36)21(56-27)23(40)41/h7-22,25-28,31-32,35-39,44H,3-4H2,1-2H3,(H,29,33)(H,30,34)(H,40,41)(H,42,43)(H,45,46,47)(H,48,49,50)/t7-,8-,9-,10-,11+,12+,13-,14+,15-,16+,17+,18-,19-,20+,21-,22-,25-,26+,27-,28-/m1/s1. The lowest BCUT2D eigenvalue weighted by atomic mass is 9.94. The number of hydrogen-bond acceptors (Lipinski definition) is 25. The summed E-state index contributed by atoms with van der Waals surface area (Å²) in [5.41, 5.74) is 0. The first-order valence-electron chi connectivity index (χ1n) is 17.4. The van der Waals surface area contributed by atoms with Crippen molar-refractivity contribution in [3.8, 4) is 0 Å². The molecule has 0 unspecified atom stereocenters. The first-order valence-corrected chi connectivity index (χ1v) is 20.1. The van der Waals surface area contributed by atoms with Gasteiger partial charge in [0.25, 0.3) is 0 Å². The zero-order valence-corrected chi connectivity index (χ0v) is 32.7.